The van der Waals surface area contributed by atoms with E-state index in [1.54, 1.807) is 38.2 Å². The van der Waals surface area contributed by atoms with Crippen molar-refractivity contribution >= 4 is 46.3 Å². The Morgan fingerprint density at radius 2 is 1.91 bits per heavy atom. The van der Waals surface area contributed by atoms with Gasteiger partial charge in [-0.25, -0.2) is 9.59 Å². The molecule has 0 aliphatic heterocycles. The zero-order chi connectivity index (χ0) is 24.1. The van der Waals surface area contributed by atoms with Crippen molar-refractivity contribution in [3.63, 3.8) is 0 Å². The molecule has 1 N–H and O–H groups in total. The number of hydrogen-bond donors (Lipinski definition) is 1. The van der Waals surface area contributed by atoms with Gasteiger partial charge in [0.25, 0.3) is 0 Å². The molecule has 0 aliphatic rings. The highest BCUT2D eigenvalue weighted by Crippen LogP contribution is 2.32. The first kappa shape index (κ1) is 25.0. The van der Waals surface area contributed by atoms with E-state index in [-0.39, 0.29) is 0 Å². The van der Waals surface area contributed by atoms with Crippen molar-refractivity contribution in [3.05, 3.63) is 68.5 Å². The van der Waals surface area contributed by atoms with Crippen LogP contribution in [0.3, 0.4) is 0 Å². The number of nitrogens with zero attached hydrogens (tertiary/aromatic N) is 2. The molecular formula is C24H28ClN3O4S. The second-order valence-corrected chi connectivity index (χ2v) is 9.44. The van der Waals surface area contributed by atoms with Crippen molar-refractivity contribution in [1.29, 1.82) is 0 Å². The first-order chi connectivity index (χ1) is 15.7. The maximum Gasteiger partial charge on any atom is 0.414 e. The number of ether oxygens (including phenoxy) is 1. The van der Waals surface area contributed by atoms with Gasteiger partial charge in [-0.15, -0.1) is 0 Å². The van der Waals surface area contributed by atoms with Crippen molar-refractivity contribution in [2.75, 3.05) is 38.7 Å². The molecule has 3 rings (SSSR count). The highest BCUT2D eigenvalue weighted by molar-refractivity contribution is 8.00. The monoisotopic (exact) mass is 489 g/mol. The Labute approximate surface area is 202 Å². The van der Waals surface area contributed by atoms with Gasteiger partial charge in [-0.3, -0.25) is 0 Å². The molecule has 1 heterocycles. The van der Waals surface area contributed by atoms with E-state index >= 15 is 0 Å². The summed E-state index contributed by atoms with van der Waals surface area (Å²) in [6.07, 6.45) is -0.171. The standard InChI is InChI=1S/C24H28ClN3O4S/c1-6-33-26-20-9-7-8-15(22(20)25)12-18-19(14-27(2)3)17-11-10-16(31-24(30)28(4)5)13-21(17)32-23(18)29/h7-11,13,26H,6,12,14H2,1-5H3. The van der Waals surface area contributed by atoms with Gasteiger partial charge >= 0.3 is 11.7 Å². The maximum absolute atomic E-state index is 13.1. The lowest BCUT2D eigenvalue weighted by atomic mass is 9.97. The number of hydrogen-bond acceptors (Lipinski definition) is 7. The predicted octanol–water partition coefficient (Wildman–Crippen LogP) is 5.24. The molecule has 0 radical (unpaired) electrons. The highest BCUT2D eigenvalue weighted by atomic mass is 35.5. The second kappa shape index (κ2) is 11.0. The number of nitrogens with one attached hydrogen (secondary N) is 1. The molecule has 1 aromatic heterocycles. The third-order valence-electron chi connectivity index (χ3n) is 4.91. The third-order valence-corrected chi connectivity index (χ3v) is 6.01. The van der Waals surface area contributed by atoms with Gasteiger partial charge < -0.3 is 23.7 Å². The summed E-state index contributed by atoms with van der Waals surface area (Å²) in [7, 11) is 7.08. The zero-order valence-electron chi connectivity index (χ0n) is 19.4. The quantitative estimate of drug-likeness (QED) is 0.342. The van der Waals surface area contributed by atoms with Crippen LogP contribution in [0, 0.1) is 0 Å². The molecule has 0 spiro atoms. The number of amides is 1. The Bertz CT molecular complexity index is 1210. The van der Waals surface area contributed by atoms with Gasteiger partial charge in [0, 0.05) is 49.8 Å². The molecule has 0 atom stereocenters. The molecule has 2 aromatic carbocycles. The van der Waals surface area contributed by atoms with E-state index in [1.165, 1.54) is 4.90 Å². The largest absolute Gasteiger partial charge is 0.422 e. The molecule has 0 unspecified atom stereocenters. The van der Waals surface area contributed by atoms with Gasteiger partial charge in [0.05, 0.1) is 10.7 Å². The summed E-state index contributed by atoms with van der Waals surface area (Å²) >= 11 is 8.20. The molecular weight excluding hydrogens is 462 g/mol. The minimum atomic E-state index is -0.508. The number of benzene rings is 2. The van der Waals surface area contributed by atoms with Crippen molar-refractivity contribution < 1.29 is 13.9 Å². The Morgan fingerprint density at radius 1 is 1.15 bits per heavy atom. The van der Waals surface area contributed by atoms with Gasteiger partial charge in [0.2, 0.25) is 0 Å². The number of anilines is 1. The van der Waals surface area contributed by atoms with Crippen molar-refractivity contribution in [1.82, 2.24) is 9.80 Å². The Balaban J connectivity index is 2.07. The minimum absolute atomic E-state index is 0.308. The van der Waals surface area contributed by atoms with Crippen LogP contribution in [0.2, 0.25) is 5.02 Å². The molecule has 0 fully saturated rings. The molecule has 1 amide bonds. The van der Waals surface area contributed by atoms with E-state index in [0.717, 1.165) is 28.0 Å². The molecule has 0 aliphatic carbocycles. The van der Waals surface area contributed by atoms with Crippen LogP contribution in [-0.2, 0) is 13.0 Å². The van der Waals surface area contributed by atoms with E-state index in [0.29, 0.717) is 34.9 Å². The molecule has 9 heteroatoms. The number of rotatable bonds is 8. The number of carbonyl (C=O) groups is 1. The summed E-state index contributed by atoms with van der Waals surface area (Å²) in [5.74, 6) is 1.20. The van der Waals surface area contributed by atoms with Crippen LogP contribution in [0.4, 0.5) is 10.5 Å². The molecule has 0 saturated carbocycles. The summed E-state index contributed by atoms with van der Waals surface area (Å²) < 4.78 is 14.2. The first-order valence-corrected chi connectivity index (χ1v) is 11.8. The smallest absolute Gasteiger partial charge is 0.414 e. The predicted molar refractivity (Wildman–Crippen MR) is 136 cm³/mol. The molecule has 33 heavy (non-hydrogen) atoms. The fraction of sp³-hybridized carbons (Fsp3) is 0.333. The van der Waals surface area contributed by atoms with E-state index in [4.69, 9.17) is 20.8 Å². The van der Waals surface area contributed by atoms with Crippen LogP contribution in [0.15, 0.2) is 45.6 Å². The summed E-state index contributed by atoms with van der Waals surface area (Å²) in [4.78, 5) is 28.3. The number of fused-ring (bicyclic) bond motifs is 1. The molecule has 176 valence electrons. The van der Waals surface area contributed by atoms with E-state index in [1.807, 2.05) is 43.3 Å². The van der Waals surface area contributed by atoms with Crippen molar-refractivity contribution in [2.24, 2.45) is 0 Å². The summed E-state index contributed by atoms with van der Waals surface area (Å²) in [5.41, 5.74) is 2.98. The fourth-order valence-corrected chi connectivity index (χ4v) is 4.12. The van der Waals surface area contributed by atoms with Crippen LogP contribution in [0.5, 0.6) is 5.75 Å². The SMILES string of the molecule is CCSNc1cccc(Cc2c(CN(C)C)c3ccc(OC(=O)N(C)C)cc3oc2=O)c1Cl. The van der Waals surface area contributed by atoms with Crippen LogP contribution < -0.4 is 15.1 Å². The molecule has 7 nitrogen and oxygen atoms in total. The summed E-state index contributed by atoms with van der Waals surface area (Å²) in [6.45, 7) is 2.59. The molecule has 3 aromatic rings. The molecule has 0 saturated heterocycles. The zero-order valence-corrected chi connectivity index (χ0v) is 21.0. The fourth-order valence-electron chi connectivity index (χ4n) is 3.35. The van der Waals surface area contributed by atoms with Gasteiger partial charge in [-0.05, 0) is 43.4 Å². The number of carbonyl (C=O) groups excluding carboxylic acids is 1. The van der Waals surface area contributed by atoms with E-state index in [9.17, 15) is 9.59 Å². The lowest BCUT2D eigenvalue weighted by Gasteiger charge is -2.17. The maximum atomic E-state index is 13.1. The van der Waals surface area contributed by atoms with Crippen molar-refractivity contribution in [3.8, 4) is 5.75 Å². The van der Waals surface area contributed by atoms with Gasteiger partial charge in [0.1, 0.15) is 11.3 Å². The lowest BCUT2D eigenvalue weighted by Crippen LogP contribution is -2.25. The highest BCUT2D eigenvalue weighted by Gasteiger charge is 2.19. The minimum Gasteiger partial charge on any atom is -0.422 e. The first-order valence-electron chi connectivity index (χ1n) is 10.5. The lowest BCUT2D eigenvalue weighted by molar-refractivity contribution is 0.172. The average Bonchev–Trinajstić information content (AvgIpc) is 2.75. The van der Waals surface area contributed by atoms with Gasteiger partial charge in [-0.1, -0.05) is 42.6 Å². The Kier molecular flexibility index (Phi) is 8.29. The topological polar surface area (TPSA) is 75.0 Å². The molecule has 0 bridgehead atoms. The Hall–Kier alpha value is -2.68. The number of halogens is 1. The normalized spacial score (nSPS) is 11.1. The Morgan fingerprint density at radius 3 is 2.58 bits per heavy atom. The van der Waals surface area contributed by atoms with Gasteiger partial charge in [0.15, 0.2) is 0 Å². The van der Waals surface area contributed by atoms with Gasteiger partial charge in [-0.2, -0.15) is 0 Å². The second-order valence-electron chi connectivity index (χ2n) is 8.00. The third kappa shape index (κ3) is 6.01. The van der Waals surface area contributed by atoms with Crippen LogP contribution in [-0.4, -0.2) is 49.8 Å². The summed E-state index contributed by atoms with van der Waals surface area (Å²) in [6, 6.07) is 10.8. The van der Waals surface area contributed by atoms with Crippen LogP contribution in [0.1, 0.15) is 23.6 Å². The summed E-state index contributed by atoms with van der Waals surface area (Å²) in [5, 5.41) is 1.37. The van der Waals surface area contributed by atoms with Crippen LogP contribution >= 0.6 is 23.5 Å². The van der Waals surface area contributed by atoms with Crippen molar-refractivity contribution in [2.45, 2.75) is 19.9 Å². The van der Waals surface area contributed by atoms with E-state index in [2.05, 4.69) is 11.6 Å². The van der Waals surface area contributed by atoms with Crippen LogP contribution in [0.25, 0.3) is 11.0 Å². The average molecular weight is 490 g/mol. The van der Waals surface area contributed by atoms with E-state index < -0.39 is 11.7 Å².